The summed E-state index contributed by atoms with van der Waals surface area (Å²) >= 11 is 0. The molecule has 2 aliphatic carbocycles. The molecule has 4 nitrogen and oxygen atoms in total. The molecule has 0 aromatic heterocycles. The van der Waals surface area contributed by atoms with Gasteiger partial charge in [-0.15, -0.1) is 0 Å². The maximum Gasteiger partial charge on any atom is 0.307 e. The van der Waals surface area contributed by atoms with Crippen molar-refractivity contribution in [1.29, 1.82) is 0 Å². The normalized spacial score (nSPS) is 35.6. The van der Waals surface area contributed by atoms with Gasteiger partial charge in [0.2, 0.25) is 5.91 Å². The van der Waals surface area contributed by atoms with Crippen molar-refractivity contribution < 1.29 is 14.7 Å². The van der Waals surface area contributed by atoms with Gasteiger partial charge in [-0.2, -0.15) is 0 Å². The molecule has 0 aromatic carbocycles. The summed E-state index contributed by atoms with van der Waals surface area (Å²) in [5, 5.41) is 12.3. The van der Waals surface area contributed by atoms with Crippen LogP contribution in [0.1, 0.15) is 58.3 Å². The van der Waals surface area contributed by atoms with Crippen LogP contribution in [0.5, 0.6) is 0 Å². The average Bonchev–Trinajstić information content (AvgIpc) is 2.41. The summed E-state index contributed by atoms with van der Waals surface area (Å²) in [5.74, 6) is -0.861. The fraction of sp³-hybridized carbons (Fsp3) is 0.867. The van der Waals surface area contributed by atoms with Crippen LogP contribution in [-0.2, 0) is 9.59 Å². The van der Waals surface area contributed by atoms with E-state index in [1.807, 2.05) is 0 Å². The van der Waals surface area contributed by atoms with E-state index in [-0.39, 0.29) is 17.9 Å². The van der Waals surface area contributed by atoms with Crippen LogP contribution in [0.4, 0.5) is 0 Å². The summed E-state index contributed by atoms with van der Waals surface area (Å²) in [6.45, 7) is 2.25. The zero-order valence-corrected chi connectivity index (χ0v) is 11.7. The summed E-state index contributed by atoms with van der Waals surface area (Å²) < 4.78 is 0. The molecule has 1 amide bonds. The first kappa shape index (κ1) is 14.4. The summed E-state index contributed by atoms with van der Waals surface area (Å²) in [6.07, 6.45) is 7.69. The van der Waals surface area contributed by atoms with E-state index in [4.69, 9.17) is 0 Å². The first-order valence-electron chi connectivity index (χ1n) is 7.61. The van der Waals surface area contributed by atoms with E-state index in [0.717, 1.165) is 50.9 Å². The summed E-state index contributed by atoms with van der Waals surface area (Å²) in [5.41, 5.74) is 0. The molecule has 0 aromatic rings. The second kappa shape index (κ2) is 6.40. The van der Waals surface area contributed by atoms with Gasteiger partial charge in [-0.1, -0.05) is 19.8 Å². The minimum absolute atomic E-state index is 0.0216. The highest BCUT2D eigenvalue weighted by Gasteiger charge is 2.36. The third-order valence-corrected chi connectivity index (χ3v) is 4.78. The molecule has 2 unspecified atom stereocenters. The minimum atomic E-state index is -0.808. The number of rotatable bonds is 3. The van der Waals surface area contributed by atoms with Crippen molar-refractivity contribution in [2.75, 3.05) is 0 Å². The van der Waals surface area contributed by atoms with Gasteiger partial charge in [0.15, 0.2) is 0 Å². The fourth-order valence-corrected chi connectivity index (χ4v) is 3.45. The smallest absolute Gasteiger partial charge is 0.307 e. The van der Waals surface area contributed by atoms with Crippen molar-refractivity contribution >= 4 is 11.9 Å². The Morgan fingerprint density at radius 1 is 0.947 bits per heavy atom. The van der Waals surface area contributed by atoms with Crippen molar-refractivity contribution in [3.8, 4) is 0 Å². The lowest BCUT2D eigenvalue weighted by atomic mass is 9.78. The van der Waals surface area contributed by atoms with Crippen LogP contribution in [0.15, 0.2) is 0 Å². The van der Waals surface area contributed by atoms with Crippen molar-refractivity contribution in [2.24, 2.45) is 17.8 Å². The molecule has 0 radical (unpaired) electrons. The van der Waals surface area contributed by atoms with Gasteiger partial charge in [-0.3, -0.25) is 9.59 Å². The quantitative estimate of drug-likeness (QED) is 0.826. The molecular formula is C15H25NO3. The molecule has 0 saturated heterocycles. The van der Waals surface area contributed by atoms with Crippen LogP contribution in [-0.4, -0.2) is 23.0 Å². The first-order valence-corrected chi connectivity index (χ1v) is 7.61. The predicted molar refractivity (Wildman–Crippen MR) is 72.6 cm³/mol. The number of carboxylic acid groups (broad SMARTS) is 1. The van der Waals surface area contributed by atoms with E-state index >= 15 is 0 Å². The van der Waals surface area contributed by atoms with Gasteiger partial charge in [0.25, 0.3) is 0 Å². The van der Waals surface area contributed by atoms with Crippen molar-refractivity contribution in [3.05, 3.63) is 0 Å². The molecule has 0 heterocycles. The topological polar surface area (TPSA) is 66.4 Å². The maximum absolute atomic E-state index is 12.3. The molecule has 2 aliphatic rings. The van der Waals surface area contributed by atoms with E-state index in [9.17, 15) is 14.7 Å². The van der Waals surface area contributed by atoms with Crippen molar-refractivity contribution in [3.63, 3.8) is 0 Å². The Kier molecular flexibility index (Phi) is 4.83. The van der Waals surface area contributed by atoms with Crippen LogP contribution in [0, 0.1) is 17.8 Å². The molecular weight excluding hydrogens is 242 g/mol. The van der Waals surface area contributed by atoms with Crippen LogP contribution in [0.25, 0.3) is 0 Å². The van der Waals surface area contributed by atoms with E-state index in [1.54, 1.807) is 0 Å². The number of hydrogen-bond acceptors (Lipinski definition) is 2. The molecule has 2 rings (SSSR count). The summed E-state index contributed by atoms with van der Waals surface area (Å²) in [7, 11) is 0. The monoisotopic (exact) mass is 267 g/mol. The lowest BCUT2D eigenvalue weighted by Gasteiger charge is -2.31. The van der Waals surface area contributed by atoms with Gasteiger partial charge in [-0.25, -0.2) is 0 Å². The lowest BCUT2D eigenvalue weighted by Crippen LogP contribution is -2.45. The molecule has 2 N–H and O–H groups in total. The van der Waals surface area contributed by atoms with Gasteiger partial charge < -0.3 is 10.4 Å². The maximum atomic E-state index is 12.3. The second-order valence-electron chi connectivity index (χ2n) is 6.30. The van der Waals surface area contributed by atoms with Gasteiger partial charge >= 0.3 is 5.97 Å². The minimum Gasteiger partial charge on any atom is -0.481 e. The Morgan fingerprint density at radius 3 is 2.11 bits per heavy atom. The van der Waals surface area contributed by atoms with E-state index in [0.29, 0.717) is 6.42 Å². The average molecular weight is 267 g/mol. The largest absolute Gasteiger partial charge is 0.481 e. The highest BCUT2D eigenvalue weighted by atomic mass is 16.4. The molecule has 0 aliphatic heterocycles. The Balaban J connectivity index is 1.89. The van der Waals surface area contributed by atoms with Crippen LogP contribution >= 0.6 is 0 Å². The third kappa shape index (κ3) is 3.71. The summed E-state index contributed by atoms with van der Waals surface area (Å²) in [6, 6.07) is 0.264. The number of aliphatic carboxylic acids is 1. The summed E-state index contributed by atoms with van der Waals surface area (Å²) in [4.78, 5) is 23.5. The number of nitrogens with one attached hydrogen (secondary N) is 1. The van der Waals surface area contributed by atoms with Gasteiger partial charge in [0.1, 0.15) is 0 Å². The number of carbonyl (C=O) groups is 2. The zero-order chi connectivity index (χ0) is 13.8. The molecule has 2 atom stereocenters. The Labute approximate surface area is 115 Å². The Bertz CT molecular complexity index is 334. The lowest BCUT2D eigenvalue weighted by molar-refractivity contribution is -0.149. The molecule has 2 fully saturated rings. The van der Waals surface area contributed by atoms with Gasteiger partial charge in [0, 0.05) is 6.04 Å². The van der Waals surface area contributed by atoms with Gasteiger partial charge in [-0.05, 0) is 44.4 Å². The van der Waals surface area contributed by atoms with Gasteiger partial charge in [0.05, 0.1) is 11.8 Å². The molecule has 4 heteroatoms. The molecule has 2 saturated carbocycles. The molecule has 108 valence electrons. The highest BCUT2D eigenvalue weighted by molar-refractivity contribution is 5.85. The third-order valence-electron chi connectivity index (χ3n) is 4.78. The Morgan fingerprint density at radius 2 is 1.53 bits per heavy atom. The van der Waals surface area contributed by atoms with Crippen LogP contribution < -0.4 is 5.32 Å². The molecule has 0 spiro atoms. The van der Waals surface area contributed by atoms with E-state index < -0.39 is 11.9 Å². The zero-order valence-electron chi connectivity index (χ0n) is 11.7. The molecule has 19 heavy (non-hydrogen) atoms. The standard InChI is InChI=1S/C15H25NO3/c1-10-6-8-11(9-7-10)16-14(17)12-4-2-3-5-13(12)15(18)19/h10-13H,2-9H2,1H3,(H,16,17)(H,18,19). The highest BCUT2D eigenvalue weighted by Crippen LogP contribution is 2.31. The van der Waals surface area contributed by atoms with Crippen molar-refractivity contribution in [2.45, 2.75) is 64.3 Å². The Hall–Kier alpha value is -1.06. The first-order chi connectivity index (χ1) is 9.08. The van der Waals surface area contributed by atoms with Crippen LogP contribution in [0.2, 0.25) is 0 Å². The fourth-order valence-electron chi connectivity index (χ4n) is 3.45. The number of amides is 1. The van der Waals surface area contributed by atoms with E-state index in [1.165, 1.54) is 0 Å². The van der Waals surface area contributed by atoms with Crippen LogP contribution in [0.3, 0.4) is 0 Å². The predicted octanol–water partition coefficient (Wildman–Crippen LogP) is 2.57. The number of carbonyl (C=O) groups excluding carboxylic acids is 1. The van der Waals surface area contributed by atoms with E-state index in [2.05, 4.69) is 12.2 Å². The number of hydrogen-bond donors (Lipinski definition) is 2. The SMILES string of the molecule is CC1CCC(NC(=O)C2CCCCC2C(=O)O)CC1. The second-order valence-corrected chi connectivity index (χ2v) is 6.30. The molecule has 0 bridgehead atoms. The number of carboxylic acids is 1. The van der Waals surface area contributed by atoms with Crippen molar-refractivity contribution in [1.82, 2.24) is 5.32 Å².